The van der Waals surface area contributed by atoms with Crippen molar-refractivity contribution in [1.82, 2.24) is 14.8 Å². The van der Waals surface area contributed by atoms with Gasteiger partial charge in [0.2, 0.25) is 5.82 Å². The average Bonchev–Trinajstić information content (AvgIpc) is 3.10. The van der Waals surface area contributed by atoms with Crippen molar-refractivity contribution in [3.8, 4) is 28.9 Å². The number of halogens is 1. The first-order valence-electron chi connectivity index (χ1n) is 7.04. The fourth-order valence-electron chi connectivity index (χ4n) is 2.12. The Morgan fingerprint density at radius 1 is 1.28 bits per heavy atom. The molecule has 8 nitrogen and oxygen atoms in total. The minimum atomic E-state index is -0.946. The number of benzene rings is 2. The average molecular weight is 339 g/mol. The minimum Gasteiger partial charge on any atom is -0.479 e. The number of aromatic nitrogens is 3. The molecule has 0 unspecified atom stereocenters. The Bertz CT molecular complexity index is 963. The van der Waals surface area contributed by atoms with Crippen LogP contribution in [0, 0.1) is 27.3 Å². The van der Waals surface area contributed by atoms with E-state index in [1.54, 1.807) is 24.3 Å². The molecule has 1 heterocycles. The van der Waals surface area contributed by atoms with E-state index in [9.17, 15) is 14.5 Å². The third kappa shape index (κ3) is 3.42. The maximum Gasteiger partial charge on any atom is 0.304 e. The van der Waals surface area contributed by atoms with E-state index in [-0.39, 0.29) is 12.4 Å². The number of nitro benzene ring substituents is 1. The number of nitrogens with zero attached hydrogens (tertiary/aromatic N) is 5. The lowest BCUT2D eigenvalue weighted by molar-refractivity contribution is -0.387. The van der Waals surface area contributed by atoms with Gasteiger partial charge in [-0.25, -0.2) is 9.67 Å². The van der Waals surface area contributed by atoms with E-state index >= 15 is 0 Å². The molecule has 0 saturated heterocycles. The summed E-state index contributed by atoms with van der Waals surface area (Å²) in [5, 5.41) is 23.4. The number of nitriles is 1. The number of hydrogen-bond acceptors (Lipinski definition) is 6. The third-order valence-electron chi connectivity index (χ3n) is 3.30. The van der Waals surface area contributed by atoms with Crippen molar-refractivity contribution < 1.29 is 14.1 Å². The Hall–Kier alpha value is -3.80. The summed E-state index contributed by atoms with van der Waals surface area (Å²) in [6.07, 6.45) is 1.44. The van der Waals surface area contributed by atoms with E-state index in [1.165, 1.54) is 17.1 Å². The smallest absolute Gasteiger partial charge is 0.304 e. The largest absolute Gasteiger partial charge is 0.479 e. The molecule has 0 aliphatic rings. The third-order valence-corrected chi connectivity index (χ3v) is 3.30. The second-order valence-electron chi connectivity index (χ2n) is 4.88. The minimum absolute atomic E-state index is 0.0431. The zero-order chi connectivity index (χ0) is 17.8. The van der Waals surface area contributed by atoms with Gasteiger partial charge in [0.1, 0.15) is 18.1 Å². The molecule has 1 aromatic heterocycles. The van der Waals surface area contributed by atoms with Gasteiger partial charge in [0.15, 0.2) is 12.4 Å². The van der Waals surface area contributed by atoms with Gasteiger partial charge in [0.25, 0.3) is 0 Å². The van der Waals surface area contributed by atoms with Crippen LogP contribution in [0.1, 0.15) is 0 Å². The highest BCUT2D eigenvalue weighted by Crippen LogP contribution is 2.24. The molecule has 9 heteroatoms. The first-order chi connectivity index (χ1) is 12.1. The normalized spacial score (nSPS) is 10.2. The molecule has 3 rings (SSSR count). The Labute approximate surface area is 140 Å². The van der Waals surface area contributed by atoms with Crippen LogP contribution in [-0.2, 0) is 0 Å². The van der Waals surface area contributed by atoms with Gasteiger partial charge in [-0.15, -0.1) is 5.10 Å². The maximum absolute atomic E-state index is 13.7. The number of hydrogen-bond donors (Lipinski definition) is 0. The summed E-state index contributed by atoms with van der Waals surface area (Å²) < 4.78 is 20.4. The zero-order valence-electron chi connectivity index (χ0n) is 12.7. The molecule has 25 heavy (non-hydrogen) atoms. The van der Waals surface area contributed by atoms with Crippen LogP contribution < -0.4 is 4.74 Å². The van der Waals surface area contributed by atoms with Gasteiger partial charge < -0.3 is 4.74 Å². The Morgan fingerprint density at radius 3 is 2.68 bits per heavy atom. The van der Waals surface area contributed by atoms with Gasteiger partial charge >= 0.3 is 5.69 Å². The molecule has 124 valence electrons. The van der Waals surface area contributed by atoms with Crippen molar-refractivity contribution in [2.75, 3.05) is 6.61 Å². The summed E-state index contributed by atoms with van der Waals surface area (Å²) in [6, 6.07) is 12.2. The highest BCUT2D eigenvalue weighted by molar-refractivity contribution is 5.57. The van der Waals surface area contributed by atoms with Gasteiger partial charge in [0.05, 0.1) is 10.6 Å². The molecule has 0 atom stereocenters. The molecule has 0 bridgehead atoms. The zero-order valence-corrected chi connectivity index (χ0v) is 12.7. The van der Waals surface area contributed by atoms with Crippen LogP contribution in [0.4, 0.5) is 10.1 Å². The number of nitro groups is 1. The van der Waals surface area contributed by atoms with Crippen molar-refractivity contribution >= 4 is 5.69 Å². The van der Waals surface area contributed by atoms with Crippen molar-refractivity contribution in [2.45, 2.75) is 0 Å². The predicted octanol–water partition coefficient (Wildman–Crippen LogP) is 2.88. The topological polar surface area (TPSA) is 107 Å². The molecule has 0 N–H and O–H groups in total. The lowest BCUT2D eigenvalue weighted by atomic mass is 10.2. The molecule has 3 aromatic rings. The molecule has 0 radical (unpaired) electrons. The highest BCUT2D eigenvalue weighted by atomic mass is 19.1. The Morgan fingerprint density at radius 2 is 2.04 bits per heavy atom. The van der Waals surface area contributed by atoms with Crippen LogP contribution in [-0.4, -0.2) is 26.3 Å². The quantitative estimate of drug-likeness (QED) is 0.522. The molecule has 0 spiro atoms. The first kappa shape index (κ1) is 16.1. The standard InChI is InChI=1S/C16H10FN5O3/c17-14-9-11(1-6-15(14)22(23)24)16-19-10-21(20-16)12-2-4-13(5-3-12)25-8-7-18/h1-6,9-10H,8H2. The summed E-state index contributed by atoms with van der Waals surface area (Å²) in [7, 11) is 0. The van der Waals surface area contributed by atoms with E-state index in [0.29, 0.717) is 17.0 Å². The molecular formula is C16H10FN5O3. The summed E-state index contributed by atoms with van der Waals surface area (Å²) in [6.45, 7) is -0.0431. The van der Waals surface area contributed by atoms with E-state index in [1.807, 2.05) is 6.07 Å². The highest BCUT2D eigenvalue weighted by Gasteiger charge is 2.16. The van der Waals surface area contributed by atoms with Gasteiger partial charge in [-0.1, -0.05) is 0 Å². The molecule has 0 amide bonds. The van der Waals surface area contributed by atoms with Crippen LogP contribution in [0.15, 0.2) is 48.8 Å². The summed E-state index contributed by atoms with van der Waals surface area (Å²) in [4.78, 5) is 14.0. The van der Waals surface area contributed by atoms with E-state index in [4.69, 9.17) is 10.00 Å². The number of rotatable bonds is 5. The summed E-state index contributed by atoms with van der Waals surface area (Å²) in [5.74, 6) is -0.167. The second kappa shape index (κ2) is 6.76. The lowest BCUT2D eigenvalue weighted by Crippen LogP contribution is -1.97. The molecule has 0 fully saturated rings. The van der Waals surface area contributed by atoms with Crippen molar-refractivity contribution in [3.05, 3.63) is 64.7 Å². The molecule has 0 aliphatic carbocycles. The van der Waals surface area contributed by atoms with Crippen molar-refractivity contribution in [3.63, 3.8) is 0 Å². The molecule has 0 aliphatic heterocycles. The summed E-state index contributed by atoms with van der Waals surface area (Å²) >= 11 is 0. The second-order valence-corrected chi connectivity index (χ2v) is 4.88. The van der Waals surface area contributed by atoms with Gasteiger partial charge in [-0.2, -0.15) is 9.65 Å². The maximum atomic E-state index is 13.7. The van der Waals surface area contributed by atoms with Crippen molar-refractivity contribution in [2.24, 2.45) is 0 Å². The van der Waals surface area contributed by atoms with Crippen LogP contribution in [0.25, 0.3) is 17.1 Å². The molecular weight excluding hydrogens is 329 g/mol. The van der Waals surface area contributed by atoms with Gasteiger partial charge in [0, 0.05) is 11.6 Å². The Kier molecular flexibility index (Phi) is 4.34. The predicted molar refractivity (Wildman–Crippen MR) is 84.5 cm³/mol. The Balaban J connectivity index is 1.84. The van der Waals surface area contributed by atoms with Crippen LogP contribution >= 0.6 is 0 Å². The monoisotopic (exact) mass is 339 g/mol. The van der Waals surface area contributed by atoms with Crippen LogP contribution in [0.2, 0.25) is 0 Å². The van der Waals surface area contributed by atoms with E-state index < -0.39 is 16.4 Å². The van der Waals surface area contributed by atoms with Gasteiger partial charge in [-0.05, 0) is 36.4 Å². The lowest BCUT2D eigenvalue weighted by Gasteiger charge is -2.03. The molecule has 2 aromatic carbocycles. The van der Waals surface area contributed by atoms with Gasteiger partial charge in [-0.3, -0.25) is 10.1 Å². The fraction of sp³-hybridized carbons (Fsp3) is 0.0625. The van der Waals surface area contributed by atoms with E-state index in [2.05, 4.69) is 10.1 Å². The molecule has 0 saturated carbocycles. The van der Waals surface area contributed by atoms with Crippen LogP contribution in [0.5, 0.6) is 5.75 Å². The fourth-order valence-corrected chi connectivity index (χ4v) is 2.12. The summed E-state index contributed by atoms with van der Waals surface area (Å²) in [5.41, 5.74) is 0.414. The van der Waals surface area contributed by atoms with E-state index in [0.717, 1.165) is 12.1 Å². The van der Waals surface area contributed by atoms with Crippen LogP contribution in [0.3, 0.4) is 0 Å². The number of ether oxygens (including phenoxy) is 1. The first-order valence-corrected chi connectivity index (χ1v) is 7.04. The SMILES string of the molecule is N#CCOc1ccc(-n2cnc(-c3ccc([N+](=O)[O-])c(F)c3)n2)cc1. The van der Waals surface area contributed by atoms with Crippen molar-refractivity contribution in [1.29, 1.82) is 5.26 Å².